The molecule has 2 heteroatoms. The lowest BCUT2D eigenvalue weighted by Gasteiger charge is -2.13. The Bertz CT molecular complexity index is 789. The maximum Gasteiger partial charge on any atom is 0.123 e. The molecule has 0 aliphatic heterocycles. The molecule has 0 saturated carbocycles. The van der Waals surface area contributed by atoms with E-state index in [1.165, 1.54) is 17.7 Å². The standard InChI is InChI=1S/C19H18FN/c1-12(2)18-11-17(14-7-9-15(20)10-8-14)16-6-4-5-13(3)19(16)21-18/h4-12H,1-3H3. The van der Waals surface area contributed by atoms with Crippen molar-refractivity contribution in [3.63, 3.8) is 0 Å². The highest BCUT2D eigenvalue weighted by molar-refractivity contribution is 5.96. The number of pyridine rings is 1. The van der Waals surface area contributed by atoms with E-state index in [2.05, 4.69) is 39.0 Å². The maximum absolute atomic E-state index is 13.2. The van der Waals surface area contributed by atoms with Crippen LogP contribution in [0.15, 0.2) is 48.5 Å². The fourth-order valence-corrected chi connectivity index (χ4v) is 2.58. The van der Waals surface area contributed by atoms with E-state index in [0.29, 0.717) is 5.92 Å². The summed E-state index contributed by atoms with van der Waals surface area (Å²) in [7, 11) is 0. The summed E-state index contributed by atoms with van der Waals surface area (Å²) in [6.07, 6.45) is 0. The highest BCUT2D eigenvalue weighted by atomic mass is 19.1. The van der Waals surface area contributed by atoms with Crippen molar-refractivity contribution in [1.29, 1.82) is 0 Å². The molecule has 3 rings (SSSR count). The van der Waals surface area contributed by atoms with Crippen LogP contribution in [0.2, 0.25) is 0 Å². The molecule has 0 atom stereocenters. The van der Waals surface area contributed by atoms with Crippen molar-refractivity contribution < 1.29 is 4.39 Å². The lowest BCUT2D eigenvalue weighted by atomic mass is 9.96. The molecule has 1 heterocycles. The first-order valence-electron chi connectivity index (χ1n) is 7.22. The zero-order valence-electron chi connectivity index (χ0n) is 12.5. The fourth-order valence-electron chi connectivity index (χ4n) is 2.58. The number of para-hydroxylation sites is 1. The number of aromatic nitrogens is 1. The van der Waals surface area contributed by atoms with Gasteiger partial charge in [0.2, 0.25) is 0 Å². The van der Waals surface area contributed by atoms with Gasteiger partial charge in [0.05, 0.1) is 5.52 Å². The zero-order chi connectivity index (χ0) is 15.0. The second-order valence-corrected chi connectivity index (χ2v) is 5.73. The van der Waals surface area contributed by atoms with Crippen LogP contribution >= 0.6 is 0 Å². The Morgan fingerprint density at radius 1 is 1.00 bits per heavy atom. The van der Waals surface area contributed by atoms with Crippen molar-refractivity contribution in [2.24, 2.45) is 0 Å². The molecule has 106 valence electrons. The summed E-state index contributed by atoms with van der Waals surface area (Å²) in [5.41, 5.74) is 5.40. The molecular formula is C19H18FN. The molecule has 1 aromatic heterocycles. The zero-order valence-corrected chi connectivity index (χ0v) is 12.5. The minimum absolute atomic E-state index is 0.211. The van der Waals surface area contributed by atoms with Crippen molar-refractivity contribution in [3.05, 3.63) is 65.6 Å². The van der Waals surface area contributed by atoms with Gasteiger partial charge in [0, 0.05) is 11.1 Å². The summed E-state index contributed by atoms with van der Waals surface area (Å²) in [4.78, 5) is 4.80. The highest BCUT2D eigenvalue weighted by Gasteiger charge is 2.11. The third-order valence-corrected chi connectivity index (χ3v) is 3.81. The van der Waals surface area contributed by atoms with E-state index in [-0.39, 0.29) is 5.82 Å². The van der Waals surface area contributed by atoms with E-state index in [1.807, 2.05) is 18.2 Å². The van der Waals surface area contributed by atoms with Gasteiger partial charge in [-0.1, -0.05) is 44.2 Å². The SMILES string of the molecule is Cc1cccc2c(-c3ccc(F)cc3)cc(C(C)C)nc12. The van der Waals surface area contributed by atoms with E-state index in [4.69, 9.17) is 4.98 Å². The Morgan fingerprint density at radius 2 is 1.71 bits per heavy atom. The first-order chi connectivity index (χ1) is 10.1. The summed E-state index contributed by atoms with van der Waals surface area (Å²) in [6.45, 7) is 6.36. The van der Waals surface area contributed by atoms with Crippen LogP contribution in [0.25, 0.3) is 22.0 Å². The summed E-state index contributed by atoms with van der Waals surface area (Å²) in [6, 6.07) is 15.0. The number of halogens is 1. The third kappa shape index (κ3) is 2.54. The van der Waals surface area contributed by atoms with Gasteiger partial charge in [0.15, 0.2) is 0 Å². The molecule has 2 aromatic carbocycles. The summed E-state index contributed by atoms with van der Waals surface area (Å²) in [5.74, 6) is 0.144. The van der Waals surface area contributed by atoms with Gasteiger partial charge in [0.1, 0.15) is 5.82 Å². The molecule has 0 aliphatic carbocycles. The van der Waals surface area contributed by atoms with Crippen LogP contribution in [0.4, 0.5) is 4.39 Å². The molecule has 0 bridgehead atoms. The monoisotopic (exact) mass is 279 g/mol. The van der Waals surface area contributed by atoms with E-state index in [9.17, 15) is 4.39 Å². The number of nitrogens with zero attached hydrogens (tertiary/aromatic N) is 1. The molecule has 1 nitrogen and oxygen atoms in total. The molecule has 0 radical (unpaired) electrons. The second kappa shape index (κ2) is 5.28. The van der Waals surface area contributed by atoms with Crippen molar-refractivity contribution in [1.82, 2.24) is 4.98 Å². The molecule has 0 N–H and O–H groups in total. The van der Waals surface area contributed by atoms with Gasteiger partial charge in [-0.2, -0.15) is 0 Å². The number of benzene rings is 2. The number of hydrogen-bond acceptors (Lipinski definition) is 1. The Kier molecular flexibility index (Phi) is 3.46. The number of fused-ring (bicyclic) bond motifs is 1. The van der Waals surface area contributed by atoms with Crippen molar-refractivity contribution in [2.45, 2.75) is 26.7 Å². The van der Waals surface area contributed by atoms with Gasteiger partial charge in [-0.05, 0) is 47.7 Å². The van der Waals surface area contributed by atoms with Gasteiger partial charge in [0.25, 0.3) is 0 Å². The predicted molar refractivity (Wildman–Crippen MR) is 86.0 cm³/mol. The van der Waals surface area contributed by atoms with Crippen LogP contribution in [0, 0.1) is 12.7 Å². The number of aryl methyl sites for hydroxylation is 1. The quantitative estimate of drug-likeness (QED) is 0.606. The summed E-state index contributed by atoms with van der Waals surface area (Å²) >= 11 is 0. The average Bonchev–Trinajstić information content (AvgIpc) is 2.47. The maximum atomic E-state index is 13.2. The highest BCUT2D eigenvalue weighted by Crippen LogP contribution is 2.32. The molecule has 0 unspecified atom stereocenters. The van der Waals surface area contributed by atoms with Gasteiger partial charge in [-0.25, -0.2) is 4.39 Å². The minimum Gasteiger partial charge on any atom is -0.252 e. The Balaban J connectivity index is 2.34. The topological polar surface area (TPSA) is 12.9 Å². The van der Waals surface area contributed by atoms with Crippen LogP contribution < -0.4 is 0 Å². The van der Waals surface area contributed by atoms with Gasteiger partial charge >= 0.3 is 0 Å². The van der Waals surface area contributed by atoms with Gasteiger partial charge < -0.3 is 0 Å². The first kappa shape index (κ1) is 13.7. The lowest BCUT2D eigenvalue weighted by Crippen LogP contribution is -1.96. The minimum atomic E-state index is -0.211. The average molecular weight is 279 g/mol. The van der Waals surface area contributed by atoms with Gasteiger partial charge in [-0.15, -0.1) is 0 Å². The Morgan fingerprint density at radius 3 is 2.38 bits per heavy atom. The van der Waals surface area contributed by atoms with Crippen molar-refractivity contribution >= 4 is 10.9 Å². The Hall–Kier alpha value is -2.22. The summed E-state index contributed by atoms with van der Waals surface area (Å²) in [5, 5.41) is 1.12. The van der Waals surface area contributed by atoms with Crippen LogP contribution in [-0.2, 0) is 0 Å². The predicted octanol–water partition coefficient (Wildman–Crippen LogP) is 5.47. The van der Waals surface area contributed by atoms with E-state index < -0.39 is 0 Å². The third-order valence-electron chi connectivity index (χ3n) is 3.81. The molecule has 0 fully saturated rings. The molecule has 0 aliphatic rings. The first-order valence-corrected chi connectivity index (χ1v) is 7.22. The lowest BCUT2D eigenvalue weighted by molar-refractivity contribution is 0.628. The largest absolute Gasteiger partial charge is 0.252 e. The second-order valence-electron chi connectivity index (χ2n) is 5.73. The van der Waals surface area contributed by atoms with Crippen LogP contribution in [0.1, 0.15) is 31.0 Å². The number of hydrogen-bond donors (Lipinski definition) is 0. The molecule has 0 amide bonds. The molecular weight excluding hydrogens is 261 g/mol. The Labute approximate surface area is 124 Å². The summed E-state index contributed by atoms with van der Waals surface area (Å²) < 4.78 is 13.2. The van der Waals surface area contributed by atoms with E-state index in [1.54, 1.807) is 0 Å². The van der Waals surface area contributed by atoms with E-state index in [0.717, 1.165) is 27.7 Å². The normalized spacial score (nSPS) is 11.3. The molecule has 21 heavy (non-hydrogen) atoms. The van der Waals surface area contributed by atoms with E-state index >= 15 is 0 Å². The number of rotatable bonds is 2. The van der Waals surface area contributed by atoms with Crippen molar-refractivity contribution in [3.8, 4) is 11.1 Å². The van der Waals surface area contributed by atoms with Crippen molar-refractivity contribution in [2.75, 3.05) is 0 Å². The molecule has 0 spiro atoms. The van der Waals surface area contributed by atoms with Gasteiger partial charge in [-0.3, -0.25) is 4.98 Å². The van der Waals surface area contributed by atoms with Crippen LogP contribution in [0.3, 0.4) is 0 Å². The van der Waals surface area contributed by atoms with Crippen LogP contribution in [-0.4, -0.2) is 4.98 Å². The molecule has 0 saturated heterocycles. The van der Waals surface area contributed by atoms with Crippen LogP contribution in [0.5, 0.6) is 0 Å². The fraction of sp³-hybridized carbons (Fsp3) is 0.211. The smallest absolute Gasteiger partial charge is 0.123 e. The molecule has 3 aromatic rings.